The number of nitrogens with one attached hydrogen (secondary N) is 1. The fraction of sp³-hybridized carbons (Fsp3) is 0.417. The molecule has 2 aromatic carbocycles. The van der Waals surface area contributed by atoms with Gasteiger partial charge in [0.15, 0.2) is 0 Å². The molecule has 2 atom stereocenters. The van der Waals surface area contributed by atoms with E-state index in [9.17, 15) is 14.7 Å². The highest BCUT2D eigenvalue weighted by Crippen LogP contribution is 2.38. The maximum absolute atomic E-state index is 13.4. The molecule has 2 aromatic rings. The zero-order valence-corrected chi connectivity index (χ0v) is 16.9. The molecule has 2 saturated heterocycles. The van der Waals surface area contributed by atoms with Crippen LogP contribution in [0.2, 0.25) is 0 Å². The van der Waals surface area contributed by atoms with Crippen molar-refractivity contribution in [3.05, 3.63) is 70.8 Å². The van der Waals surface area contributed by atoms with Gasteiger partial charge >= 0.3 is 0 Å². The minimum absolute atomic E-state index is 0.0580. The van der Waals surface area contributed by atoms with Gasteiger partial charge in [0.25, 0.3) is 5.91 Å². The molecule has 2 N–H and O–H groups in total. The van der Waals surface area contributed by atoms with Gasteiger partial charge < -0.3 is 15.3 Å². The van der Waals surface area contributed by atoms with Crippen LogP contribution in [0.5, 0.6) is 0 Å². The molecule has 2 heterocycles. The number of rotatable bonds is 3. The third-order valence-electron chi connectivity index (χ3n) is 6.37. The van der Waals surface area contributed by atoms with E-state index in [2.05, 4.69) is 36.5 Å². The number of piperidine rings is 2. The molecule has 1 spiro atoms. The molecule has 2 amide bonds. The third kappa shape index (κ3) is 3.79. The summed E-state index contributed by atoms with van der Waals surface area (Å²) < 4.78 is 0. The molecule has 29 heavy (non-hydrogen) atoms. The van der Waals surface area contributed by atoms with E-state index in [1.165, 1.54) is 5.56 Å². The predicted molar refractivity (Wildman–Crippen MR) is 112 cm³/mol. The molecule has 0 unspecified atom stereocenters. The Labute approximate surface area is 171 Å². The van der Waals surface area contributed by atoms with Gasteiger partial charge in [-0.2, -0.15) is 0 Å². The largest absolute Gasteiger partial charge is 0.392 e. The Hall–Kier alpha value is -2.66. The molecular formula is C24H28N2O3. The molecule has 5 nitrogen and oxygen atoms in total. The lowest BCUT2D eigenvalue weighted by molar-refractivity contribution is -0.147. The van der Waals surface area contributed by atoms with Crippen molar-refractivity contribution in [2.45, 2.75) is 38.7 Å². The number of carbonyl (C=O) groups excluding carboxylic acids is 2. The molecule has 0 radical (unpaired) electrons. The molecule has 0 bridgehead atoms. The van der Waals surface area contributed by atoms with E-state index in [0.29, 0.717) is 37.9 Å². The van der Waals surface area contributed by atoms with E-state index in [4.69, 9.17) is 0 Å². The summed E-state index contributed by atoms with van der Waals surface area (Å²) in [6, 6.07) is 16.0. The van der Waals surface area contributed by atoms with Gasteiger partial charge in [0, 0.05) is 25.2 Å². The second-order valence-corrected chi connectivity index (χ2v) is 8.37. The zero-order chi connectivity index (χ0) is 20.4. The standard InChI is InChI=1S/C24H28N2O3/c1-17-7-9-18(10-8-17)15-19-5-2-3-6-20(19)22(28)26-14-11-21(27)24(16-26)12-4-13-25-23(24)29/h2-3,5-10,21,27H,4,11-16H2,1H3,(H,25,29)/t21-,24-/m1/s1. The Morgan fingerprint density at radius 3 is 2.72 bits per heavy atom. The van der Waals surface area contributed by atoms with Crippen molar-refractivity contribution >= 4 is 11.8 Å². The number of aliphatic hydroxyl groups excluding tert-OH is 1. The van der Waals surface area contributed by atoms with Crippen LogP contribution in [0, 0.1) is 12.3 Å². The number of carbonyl (C=O) groups is 2. The SMILES string of the molecule is Cc1ccc(Cc2ccccc2C(=O)N2CC[C@@H](O)[C@@]3(CCCNC3=O)C2)cc1. The molecule has 0 aliphatic carbocycles. The lowest BCUT2D eigenvalue weighted by atomic mass is 9.71. The van der Waals surface area contributed by atoms with Crippen LogP contribution >= 0.6 is 0 Å². The lowest BCUT2D eigenvalue weighted by Gasteiger charge is -2.47. The zero-order valence-electron chi connectivity index (χ0n) is 16.9. The van der Waals surface area contributed by atoms with Crippen LogP contribution in [0.15, 0.2) is 48.5 Å². The van der Waals surface area contributed by atoms with Crippen molar-refractivity contribution in [1.29, 1.82) is 0 Å². The second kappa shape index (κ2) is 7.99. The Kier molecular flexibility index (Phi) is 5.41. The van der Waals surface area contributed by atoms with Gasteiger partial charge in [-0.3, -0.25) is 9.59 Å². The normalized spacial score (nSPS) is 24.4. The topological polar surface area (TPSA) is 69.6 Å². The highest BCUT2D eigenvalue weighted by Gasteiger charge is 2.50. The second-order valence-electron chi connectivity index (χ2n) is 8.37. The predicted octanol–water partition coefficient (Wildman–Crippen LogP) is 2.69. The number of nitrogens with zero attached hydrogens (tertiary/aromatic N) is 1. The number of aliphatic hydroxyl groups is 1. The number of hydrogen-bond acceptors (Lipinski definition) is 3. The number of benzene rings is 2. The van der Waals surface area contributed by atoms with Gasteiger partial charge in [-0.25, -0.2) is 0 Å². The molecule has 0 aromatic heterocycles. The van der Waals surface area contributed by atoms with Crippen LogP contribution in [-0.2, 0) is 11.2 Å². The molecule has 5 heteroatoms. The summed E-state index contributed by atoms with van der Waals surface area (Å²) in [5.74, 6) is -0.181. The van der Waals surface area contributed by atoms with E-state index in [0.717, 1.165) is 17.5 Å². The molecule has 2 aliphatic heterocycles. The van der Waals surface area contributed by atoms with E-state index >= 15 is 0 Å². The fourth-order valence-corrected chi connectivity index (χ4v) is 4.60. The van der Waals surface area contributed by atoms with Gasteiger partial charge in [0.1, 0.15) is 0 Å². The monoisotopic (exact) mass is 392 g/mol. The van der Waals surface area contributed by atoms with Crippen LogP contribution in [0.4, 0.5) is 0 Å². The summed E-state index contributed by atoms with van der Waals surface area (Å²) in [5.41, 5.74) is 3.15. The summed E-state index contributed by atoms with van der Waals surface area (Å²) in [6.07, 6.45) is 1.86. The lowest BCUT2D eigenvalue weighted by Crippen LogP contribution is -2.62. The van der Waals surface area contributed by atoms with Gasteiger partial charge in [-0.1, -0.05) is 48.0 Å². The van der Waals surface area contributed by atoms with Crippen molar-refractivity contribution in [3.63, 3.8) is 0 Å². The summed E-state index contributed by atoms with van der Waals surface area (Å²) >= 11 is 0. The van der Waals surface area contributed by atoms with Crippen LogP contribution < -0.4 is 5.32 Å². The molecular weight excluding hydrogens is 364 g/mol. The molecule has 4 rings (SSSR count). The van der Waals surface area contributed by atoms with E-state index in [1.54, 1.807) is 4.90 Å². The van der Waals surface area contributed by atoms with Gasteiger partial charge in [0.05, 0.1) is 11.5 Å². The Morgan fingerprint density at radius 2 is 1.97 bits per heavy atom. The number of likely N-dealkylation sites (tertiary alicyclic amines) is 1. The van der Waals surface area contributed by atoms with Crippen LogP contribution in [0.1, 0.15) is 46.3 Å². The maximum Gasteiger partial charge on any atom is 0.254 e. The van der Waals surface area contributed by atoms with Crippen molar-refractivity contribution in [1.82, 2.24) is 10.2 Å². The highest BCUT2D eigenvalue weighted by molar-refractivity contribution is 5.96. The highest BCUT2D eigenvalue weighted by atomic mass is 16.3. The number of aryl methyl sites for hydroxylation is 1. The first-order valence-electron chi connectivity index (χ1n) is 10.4. The first-order chi connectivity index (χ1) is 14.0. The van der Waals surface area contributed by atoms with E-state index in [-0.39, 0.29) is 18.4 Å². The molecule has 0 saturated carbocycles. The van der Waals surface area contributed by atoms with Crippen molar-refractivity contribution in [3.8, 4) is 0 Å². The first-order valence-corrected chi connectivity index (χ1v) is 10.4. The van der Waals surface area contributed by atoms with E-state index in [1.807, 2.05) is 24.3 Å². The Balaban J connectivity index is 1.58. The van der Waals surface area contributed by atoms with Crippen LogP contribution in [0.3, 0.4) is 0 Å². The Morgan fingerprint density at radius 1 is 1.21 bits per heavy atom. The summed E-state index contributed by atoms with van der Waals surface area (Å²) in [4.78, 5) is 27.8. The van der Waals surface area contributed by atoms with Gasteiger partial charge in [-0.05, 0) is 49.8 Å². The summed E-state index contributed by atoms with van der Waals surface area (Å²) in [6.45, 7) is 3.44. The quantitative estimate of drug-likeness (QED) is 0.844. The van der Waals surface area contributed by atoms with Crippen molar-refractivity contribution < 1.29 is 14.7 Å². The minimum atomic E-state index is -0.877. The smallest absolute Gasteiger partial charge is 0.254 e. The minimum Gasteiger partial charge on any atom is -0.392 e. The maximum atomic E-state index is 13.4. The average Bonchev–Trinajstić information content (AvgIpc) is 2.73. The fourth-order valence-electron chi connectivity index (χ4n) is 4.60. The number of hydrogen-bond donors (Lipinski definition) is 2. The average molecular weight is 392 g/mol. The van der Waals surface area contributed by atoms with Crippen LogP contribution in [-0.4, -0.2) is 47.6 Å². The molecule has 2 fully saturated rings. The molecule has 152 valence electrons. The van der Waals surface area contributed by atoms with Crippen LogP contribution in [0.25, 0.3) is 0 Å². The number of amides is 2. The van der Waals surface area contributed by atoms with Crippen molar-refractivity contribution in [2.24, 2.45) is 5.41 Å². The van der Waals surface area contributed by atoms with Crippen molar-refractivity contribution in [2.75, 3.05) is 19.6 Å². The van der Waals surface area contributed by atoms with Gasteiger partial charge in [0.2, 0.25) is 5.91 Å². The Bertz CT molecular complexity index is 909. The summed E-state index contributed by atoms with van der Waals surface area (Å²) in [7, 11) is 0. The first kappa shape index (κ1) is 19.6. The molecule has 2 aliphatic rings. The summed E-state index contributed by atoms with van der Waals surface area (Å²) in [5, 5.41) is 13.5. The van der Waals surface area contributed by atoms with Gasteiger partial charge in [-0.15, -0.1) is 0 Å². The third-order valence-corrected chi connectivity index (χ3v) is 6.37. The van der Waals surface area contributed by atoms with E-state index < -0.39 is 11.5 Å².